The maximum absolute atomic E-state index is 11.9. The quantitative estimate of drug-likeness (QED) is 0.324. The van der Waals surface area contributed by atoms with Gasteiger partial charge in [-0.2, -0.15) is 0 Å². The molecule has 5 nitrogen and oxygen atoms in total. The number of unbranched alkanes of at least 4 members (excludes halogenated alkanes) is 1. The van der Waals surface area contributed by atoms with Gasteiger partial charge in [-0.1, -0.05) is 32.6 Å². The molecule has 1 rings (SSSR count). The molecule has 0 heterocycles. The molecule has 1 fully saturated rings. The largest absolute Gasteiger partial charge is 0.468 e. The van der Waals surface area contributed by atoms with Crippen molar-refractivity contribution in [3.05, 3.63) is 0 Å². The molecule has 1 aliphatic rings. The molecule has 0 unspecified atom stereocenters. The number of methoxy groups -OCH3 is 2. The molecule has 0 saturated heterocycles. The third kappa shape index (κ3) is 6.80. The summed E-state index contributed by atoms with van der Waals surface area (Å²) >= 11 is 0. The van der Waals surface area contributed by atoms with Crippen LogP contribution < -0.4 is 0 Å². The average molecular weight is 342 g/mol. The van der Waals surface area contributed by atoms with Crippen molar-refractivity contribution >= 4 is 11.9 Å². The van der Waals surface area contributed by atoms with Crippen molar-refractivity contribution in [1.29, 1.82) is 0 Å². The van der Waals surface area contributed by atoms with E-state index in [1.54, 1.807) is 0 Å². The number of ether oxygens (including phenoxy) is 3. The highest BCUT2D eigenvalue weighted by Crippen LogP contribution is 2.44. The molecule has 1 aliphatic carbocycles. The summed E-state index contributed by atoms with van der Waals surface area (Å²) in [6.45, 7) is 3.74. The molecule has 140 valence electrons. The van der Waals surface area contributed by atoms with Crippen molar-refractivity contribution in [2.45, 2.75) is 71.1 Å². The van der Waals surface area contributed by atoms with Gasteiger partial charge in [0.2, 0.25) is 0 Å². The first kappa shape index (κ1) is 20.9. The van der Waals surface area contributed by atoms with Crippen LogP contribution in [0.2, 0.25) is 0 Å². The number of hydrogen-bond donors (Lipinski definition) is 0. The number of rotatable bonds is 11. The number of carbonyl (C=O) groups is 2. The zero-order valence-electron chi connectivity index (χ0n) is 15.6. The Hall–Kier alpha value is -1.10. The Morgan fingerprint density at radius 1 is 0.958 bits per heavy atom. The predicted octanol–water partition coefficient (Wildman–Crippen LogP) is 3.89. The summed E-state index contributed by atoms with van der Waals surface area (Å²) in [5.74, 6) is -1.79. The fourth-order valence-corrected chi connectivity index (χ4v) is 3.63. The van der Waals surface area contributed by atoms with Crippen molar-refractivity contribution in [3.63, 3.8) is 0 Å². The van der Waals surface area contributed by atoms with E-state index in [0.29, 0.717) is 6.42 Å². The average Bonchev–Trinajstić information content (AvgIpc) is 2.62. The summed E-state index contributed by atoms with van der Waals surface area (Å²) < 4.78 is 15.3. The highest BCUT2D eigenvalue weighted by atomic mass is 16.5. The van der Waals surface area contributed by atoms with Gasteiger partial charge in [-0.15, -0.1) is 0 Å². The van der Waals surface area contributed by atoms with Crippen molar-refractivity contribution < 1.29 is 23.8 Å². The van der Waals surface area contributed by atoms with E-state index in [1.165, 1.54) is 33.5 Å². The minimum atomic E-state index is -0.806. The predicted molar refractivity (Wildman–Crippen MR) is 92.6 cm³/mol. The Kier molecular flexibility index (Phi) is 9.99. The van der Waals surface area contributed by atoms with E-state index >= 15 is 0 Å². The summed E-state index contributed by atoms with van der Waals surface area (Å²) in [5, 5.41) is 0. The number of hydrogen-bond acceptors (Lipinski definition) is 5. The minimum Gasteiger partial charge on any atom is -0.468 e. The van der Waals surface area contributed by atoms with Crippen molar-refractivity contribution in [2.75, 3.05) is 27.4 Å². The van der Waals surface area contributed by atoms with Gasteiger partial charge in [0.25, 0.3) is 0 Å². The molecule has 0 aromatic rings. The monoisotopic (exact) mass is 342 g/mol. The molecule has 5 heteroatoms. The lowest BCUT2D eigenvalue weighted by molar-refractivity contribution is -0.159. The van der Waals surface area contributed by atoms with Gasteiger partial charge < -0.3 is 14.2 Å². The molecule has 24 heavy (non-hydrogen) atoms. The summed E-state index contributed by atoms with van der Waals surface area (Å²) in [5.41, 5.74) is 0.185. The number of esters is 2. The lowest BCUT2D eigenvalue weighted by atomic mass is 9.68. The Labute approximate surface area is 146 Å². The molecule has 0 spiro atoms. The zero-order valence-corrected chi connectivity index (χ0v) is 15.6. The Morgan fingerprint density at radius 2 is 1.58 bits per heavy atom. The van der Waals surface area contributed by atoms with Crippen molar-refractivity contribution in [3.8, 4) is 0 Å². The van der Waals surface area contributed by atoms with E-state index in [1.807, 2.05) is 0 Å². The highest BCUT2D eigenvalue weighted by molar-refractivity contribution is 5.94. The maximum Gasteiger partial charge on any atom is 0.320 e. The lowest BCUT2D eigenvalue weighted by Crippen LogP contribution is -2.31. The standard InChI is InChI=1S/C19H34O5/c1-4-5-14-24-15-13-19(10-7-6-8-11-19)12-9-16(17(20)22-2)18(21)23-3/h16H,4-15H2,1-3H3. The molecule has 0 atom stereocenters. The second-order valence-corrected chi connectivity index (χ2v) is 6.91. The molecule has 0 aromatic carbocycles. The van der Waals surface area contributed by atoms with Gasteiger partial charge >= 0.3 is 11.9 Å². The molecule has 0 bridgehead atoms. The molecule has 0 N–H and O–H groups in total. The van der Waals surface area contributed by atoms with Crippen LogP contribution in [0, 0.1) is 11.3 Å². The van der Waals surface area contributed by atoms with Gasteiger partial charge in [0.15, 0.2) is 5.92 Å². The van der Waals surface area contributed by atoms with Gasteiger partial charge in [-0.25, -0.2) is 0 Å². The number of carbonyl (C=O) groups excluding carboxylic acids is 2. The second kappa shape index (κ2) is 11.5. The van der Waals surface area contributed by atoms with E-state index in [-0.39, 0.29) is 5.41 Å². The lowest BCUT2D eigenvalue weighted by Gasteiger charge is -2.38. The molecule has 0 radical (unpaired) electrons. The Morgan fingerprint density at radius 3 is 2.12 bits per heavy atom. The van der Waals surface area contributed by atoms with Crippen LogP contribution in [0.5, 0.6) is 0 Å². The first-order valence-corrected chi connectivity index (χ1v) is 9.32. The summed E-state index contributed by atoms with van der Waals surface area (Å²) in [6.07, 6.45) is 10.6. The van der Waals surface area contributed by atoms with Crippen LogP contribution in [0.1, 0.15) is 71.1 Å². The third-order valence-corrected chi connectivity index (χ3v) is 5.27. The fourth-order valence-electron chi connectivity index (χ4n) is 3.63. The third-order valence-electron chi connectivity index (χ3n) is 5.27. The maximum atomic E-state index is 11.9. The van der Waals surface area contributed by atoms with E-state index in [0.717, 1.165) is 51.7 Å². The Balaban J connectivity index is 2.60. The first-order valence-electron chi connectivity index (χ1n) is 9.32. The zero-order chi connectivity index (χ0) is 17.8. The van der Waals surface area contributed by atoms with Crippen LogP contribution in [0.25, 0.3) is 0 Å². The van der Waals surface area contributed by atoms with Gasteiger partial charge in [0, 0.05) is 13.2 Å². The Bertz CT molecular complexity index is 358. The SMILES string of the molecule is CCCCOCCC1(CCC(C(=O)OC)C(=O)OC)CCCCC1. The van der Waals surface area contributed by atoms with Crippen molar-refractivity contribution in [2.24, 2.45) is 11.3 Å². The van der Waals surface area contributed by atoms with Gasteiger partial charge in [-0.05, 0) is 43.9 Å². The van der Waals surface area contributed by atoms with Crippen LogP contribution in [-0.4, -0.2) is 39.4 Å². The van der Waals surface area contributed by atoms with Crippen LogP contribution in [0.15, 0.2) is 0 Å². The fraction of sp³-hybridized carbons (Fsp3) is 0.895. The molecular formula is C19H34O5. The topological polar surface area (TPSA) is 61.8 Å². The summed E-state index contributed by atoms with van der Waals surface area (Å²) in [4.78, 5) is 23.7. The molecule has 0 aliphatic heterocycles. The van der Waals surface area contributed by atoms with Crippen LogP contribution in [0.3, 0.4) is 0 Å². The van der Waals surface area contributed by atoms with E-state index in [9.17, 15) is 9.59 Å². The van der Waals surface area contributed by atoms with Gasteiger partial charge in [0.05, 0.1) is 14.2 Å². The van der Waals surface area contributed by atoms with E-state index in [2.05, 4.69) is 6.92 Å². The van der Waals surface area contributed by atoms with Crippen LogP contribution in [-0.2, 0) is 23.8 Å². The van der Waals surface area contributed by atoms with Gasteiger partial charge in [-0.3, -0.25) is 9.59 Å². The highest BCUT2D eigenvalue weighted by Gasteiger charge is 2.36. The van der Waals surface area contributed by atoms with Crippen LogP contribution >= 0.6 is 0 Å². The molecule has 0 amide bonds. The molecular weight excluding hydrogens is 308 g/mol. The minimum absolute atomic E-state index is 0.185. The normalized spacial score (nSPS) is 16.8. The smallest absolute Gasteiger partial charge is 0.320 e. The molecule has 0 aromatic heterocycles. The first-order chi connectivity index (χ1) is 11.6. The van der Waals surface area contributed by atoms with Gasteiger partial charge in [0.1, 0.15) is 0 Å². The van der Waals surface area contributed by atoms with E-state index < -0.39 is 17.9 Å². The summed E-state index contributed by atoms with van der Waals surface area (Å²) in [6, 6.07) is 0. The molecule has 1 saturated carbocycles. The van der Waals surface area contributed by atoms with Crippen molar-refractivity contribution in [1.82, 2.24) is 0 Å². The second-order valence-electron chi connectivity index (χ2n) is 6.91. The van der Waals surface area contributed by atoms with Crippen LogP contribution in [0.4, 0.5) is 0 Å². The van der Waals surface area contributed by atoms with E-state index in [4.69, 9.17) is 14.2 Å². The summed E-state index contributed by atoms with van der Waals surface area (Å²) in [7, 11) is 2.63.